The van der Waals surface area contributed by atoms with E-state index < -0.39 is 46.6 Å². The van der Waals surface area contributed by atoms with Crippen LogP contribution in [-0.4, -0.2) is 0 Å². The van der Waals surface area contributed by atoms with Gasteiger partial charge in [0.05, 0.1) is 5.56 Å². The van der Waals surface area contributed by atoms with Gasteiger partial charge in [0, 0.05) is 12.1 Å². The normalized spacial score (nSPS) is 24.5. The smallest absolute Gasteiger partial charge is 0.429 e. The van der Waals surface area contributed by atoms with E-state index in [1.165, 1.54) is 51.0 Å². The Hall–Kier alpha value is -2.32. The predicted molar refractivity (Wildman–Crippen MR) is 132 cm³/mol. The molecule has 0 aromatic heterocycles. The fourth-order valence-corrected chi connectivity index (χ4v) is 6.47. The SMILES string of the molecule is CCCC[C@H]1CC[C@H](C2CCC(c3ccc(C(F)(F)Oc4cc(F)c(C(F)(F)F)c(F)c4)c(F)c3)CC2)CC1. The first-order valence-corrected chi connectivity index (χ1v) is 13.8. The van der Waals surface area contributed by atoms with Crippen LogP contribution < -0.4 is 4.74 Å². The fraction of sp³-hybridized carbons (Fsp3) is 0.600. The molecule has 0 heterocycles. The molecule has 39 heavy (non-hydrogen) atoms. The lowest BCUT2D eigenvalue weighted by atomic mass is 9.68. The summed E-state index contributed by atoms with van der Waals surface area (Å²) < 4.78 is 114. The molecule has 0 aliphatic heterocycles. The number of rotatable bonds is 8. The summed E-state index contributed by atoms with van der Waals surface area (Å²) >= 11 is 0. The molecule has 0 atom stereocenters. The lowest BCUT2D eigenvalue weighted by Crippen LogP contribution is -2.26. The number of ether oxygens (including phenoxy) is 1. The molecular formula is C30H34F8O. The van der Waals surface area contributed by atoms with Crippen molar-refractivity contribution < 1.29 is 39.9 Å². The zero-order chi connectivity index (χ0) is 28.4. The largest absolute Gasteiger partial charge is 0.429 e. The third kappa shape index (κ3) is 7.07. The van der Waals surface area contributed by atoms with Crippen LogP contribution in [0.4, 0.5) is 35.1 Å². The highest BCUT2D eigenvalue weighted by molar-refractivity contribution is 5.34. The first-order valence-electron chi connectivity index (χ1n) is 13.8. The Morgan fingerprint density at radius 2 is 1.31 bits per heavy atom. The minimum absolute atomic E-state index is 0.00218. The van der Waals surface area contributed by atoms with Crippen LogP contribution in [0.15, 0.2) is 30.3 Å². The summed E-state index contributed by atoms with van der Waals surface area (Å²) in [6.45, 7) is 2.22. The van der Waals surface area contributed by atoms with Gasteiger partial charge in [-0.3, -0.25) is 0 Å². The van der Waals surface area contributed by atoms with Crippen LogP contribution in [0.2, 0.25) is 0 Å². The summed E-state index contributed by atoms with van der Waals surface area (Å²) in [5, 5.41) is 0. The van der Waals surface area contributed by atoms with Crippen molar-refractivity contribution in [3.05, 3.63) is 64.5 Å². The number of hydrogen-bond donors (Lipinski definition) is 0. The van der Waals surface area contributed by atoms with Gasteiger partial charge < -0.3 is 4.74 Å². The maximum atomic E-state index is 14.8. The zero-order valence-corrected chi connectivity index (χ0v) is 21.9. The van der Waals surface area contributed by atoms with E-state index in [4.69, 9.17) is 0 Å². The molecule has 4 rings (SSSR count). The molecule has 1 nitrogen and oxygen atoms in total. The first kappa shape index (κ1) is 29.7. The highest BCUT2D eigenvalue weighted by atomic mass is 19.4. The molecule has 2 aromatic carbocycles. The summed E-state index contributed by atoms with van der Waals surface area (Å²) in [7, 11) is 0. The third-order valence-corrected chi connectivity index (χ3v) is 8.62. The Kier molecular flexibility index (Phi) is 9.16. The molecule has 2 aliphatic carbocycles. The molecule has 2 aliphatic rings. The molecule has 0 radical (unpaired) electrons. The van der Waals surface area contributed by atoms with Gasteiger partial charge >= 0.3 is 12.3 Å². The quantitative estimate of drug-likeness (QED) is 0.291. The second kappa shape index (κ2) is 12.0. The van der Waals surface area contributed by atoms with Crippen molar-refractivity contribution in [1.82, 2.24) is 0 Å². The van der Waals surface area contributed by atoms with Gasteiger partial charge in [0.2, 0.25) is 0 Å². The Bertz CT molecular complexity index is 1090. The number of halogens is 8. The van der Waals surface area contributed by atoms with Gasteiger partial charge in [-0.15, -0.1) is 0 Å². The van der Waals surface area contributed by atoms with Crippen LogP contribution in [0.1, 0.15) is 100 Å². The van der Waals surface area contributed by atoms with Crippen LogP contribution in [0.3, 0.4) is 0 Å². The molecule has 2 saturated carbocycles. The van der Waals surface area contributed by atoms with Crippen molar-refractivity contribution in [2.75, 3.05) is 0 Å². The average molecular weight is 563 g/mol. The third-order valence-electron chi connectivity index (χ3n) is 8.62. The standard InChI is InChI=1S/C30H34F8O/c1-2-3-4-18-5-7-19(8-6-18)20-9-11-21(12-10-20)22-13-14-24(25(31)15-22)30(37,38)39-23-16-26(32)28(27(33)17-23)29(34,35)36/h13-21H,2-12H2,1H3/t18-,19-,20?,21?. The molecular weight excluding hydrogens is 528 g/mol. The van der Waals surface area contributed by atoms with Crippen LogP contribution in [0, 0.1) is 35.2 Å². The monoisotopic (exact) mass is 562 g/mol. The minimum Gasteiger partial charge on any atom is -0.429 e. The summed E-state index contributed by atoms with van der Waals surface area (Å²) in [5.41, 5.74) is -2.79. The Labute approximate surface area is 223 Å². The fourth-order valence-electron chi connectivity index (χ4n) is 6.47. The summed E-state index contributed by atoms with van der Waals surface area (Å²) in [5.74, 6) is -4.41. The van der Waals surface area contributed by atoms with Crippen LogP contribution in [0.5, 0.6) is 5.75 Å². The van der Waals surface area contributed by atoms with Gasteiger partial charge in [-0.1, -0.05) is 45.1 Å². The summed E-state index contributed by atoms with van der Waals surface area (Å²) in [6, 6.07) is 3.30. The Morgan fingerprint density at radius 1 is 0.744 bits per heavy atom. The number of unbranched alkanes of at least 4 members (excludes halogenated alkanes) is 1. The van der Waals surface area contributed by atoms with Gasteiger partial charge in [0.15, 0.2) is 0 Å². The predicted octanol–water partition coefficient (Wildman–Crippen LogP) is 10.5. The maximum absolute atomic E-state index is 14.8. The van der Waals surface area contributed by atoms with E-state index in [-0.39, 0.29) is 18.1 Å². The Balaban J connectivity index is 1.37. The summed E-state index contributed by atoms with van der Waals surface area (Å²) in [4.78, 5) is 0. The van der Waals surface area contributed by atoms with E-state index in [0.717, 1.165) is 49.7 Å². The van der Waals surface area contributed by atoms with Crippen molar-refractivity contribution in [1.29, 1.82) is 0 Å². The van der Waals surface area contributed by atoms with Crippen LogP contribution in [-0.2, 0) is 12.3 Å². The van der Waals surface area contributed by atoms with Crippen LogP contribution >= 0.6 is 0 Å². The van der Waals surface area contributed by atoms with Gasteiger partial charge in [-0.2, -0.15) is 22.0 Å². The van der Waals surface area contributed by atoms with Crippen molar-refractivity contribution in [2.45, 2.75) is 95.8 Å². The van der Waals surface area contributed by atoms with Crippen molar-refractivity contribution in [3.63, 3.8) is 0 Å². The Morgan fingerprint density at radius 3 is 1.82 bits per heavy atom. The van der Waals surface area contributed by atoms with Crippen molar-refractivity contribution in [3.8, 4) is 5.75 Å². The highest BCUT2D eigenvalue weighted by Gasteiger charge is 2.41. The number of alkyl halides is 5. The lowest BCUT2D eigenvalue weighted by Gasteiger charge is -2.38. The van der Waals surface area contributed by atoms with E-state index in [0.29, 0.717) is 11.5 Å². The molecule has 0 spiro atoms. The summed E-state index contributed by atoms with van der Waals surface area (Å²) in [6.07, 6.45) is 2.94. The molecule has 2 fully saturated rings. The molecule has 0 unspecified atom stereocenters. The number of hydrogen-bond acceptors (Lipinski definition) is 1. The van der Waals surface area contributed by atoms with Crippen LogP contribution in [0.25, 0.3) is 0 Å². The number of benzene rings is 2. The maximum Gasteiger partial charge on any atom is 0.429 e. The zero-order valence-electron chi connectivity index (χ0n) is 21.9. The molecule has 0 amide bonds. The van der Waals surface area contributed by atoms with Crippen molar-refractivity contribution >= 4 is 0 Å². The van der Waals surface area contributed by atoms with Gasteiger partial charge in [0.1, 0.15) is 28.8 Å². The molecule has 0 N–H and O–H groups in total. The first-order chi connectivity index (χ1) is 18.4. The van der Waals surface area contributed by atoms with Gasteiger partial charge in [0.25, 0.3) is 0 Å². The van der Waals surface area contributed by atoms with E-state index in [2.05, 4.69) is 11.7 Å². The highest BCUT2D eigenvalue weighted by Crippen LogP contribution is 2.45. The van der Waals surface area contributed by atoms with E-state index >= 15 is 0 Å². The molecule has 0 saturated heterocycles. The van der Waals surface area contributed by atoms with Gasteiger partial charge in [-0.05, 0) is 79.9 Å². The minimum atomic E-state index is -5.36. The molecule has 2 aromatic rings. The van der Waals surface area contributed by atoms with Gasteiger partial charge in [-0.25, -0.2) is 13.2 Å². The molecule has 216 valence electrons. The second-order valence-electron chi connectivity index (χ2n) is 11.2. The molecule has 0 bridgehead atoms. The van der Waals surface area contributed by atoms with E-state index in [9.17, 15) is 35.1 Å². The van der Waals surface area contributed by atoms with E-state index in [1.54, 1.807) is 0 Å². The van der Waals surface area contributed by atoms with Crippen molar-refractivity contribution in [2.24, 2.45) is 17.8 Å². The second-order valence-corrected chi connectivity index (χ2v) is 11.2. The topological polar surface area (TPSA) is 9.23 Å². The average Bonchev–Trinajstić information content (AvgIpc) is 2.86. The lowest BCUT2D eigenvalue weighted by molar-refractivity contribution is -0.187. The van der Waals surface area contributed by atoms with E-state index in [1.807, 2.05) is 0 Å². The molecule has 9 heteroatoms.